The Morgan fingerprint density at radius 3 is 2.64 bits per heavy atom. The van der Waals surface area contributed by atoms with Crippen molar-refractivity contribution in [3.8, 4) is 0 Å². The maximum absolute atomic E-state index is 13.3. The van der Waals surface area contributed by atoms with Gasteiger partial charge in [0.15, 0.2) is 0 Å². The van der Waals surface area contributed by atoms with Gasteiger partial charge in [-0.2, -0.15) is 0 Å². The molecule has 1 aliphatic carbocycles. The van der Waals surface area contributed by atoms with Crippen molar-refractivity contribution >= 4 is 17.2 Å². The first-order chi connectivity index (χ1) is 10.7. The highest BCUT2D eigenvalue weighted by Gasteiger charge is 2.37. The number of benzene rings is 1. The molecule has 2 nitrogen and oxygen atoms in total. The lowest BCUT2D eigenvalue weighted by Crippen LogP contribution is -2.44. The number of hydrogen-bond donors (Lipinski definition) is 0. The Hall–Kier alpha value is -1.68. The Kier molecular flexibility index (Phi) is 3.49. The number of amides is 1. The summed E-state index contributed by atoms with van der Waals surface area (Å²) < 4.78 is 13.3. The first-order valence-corrected chi connectivity index (χ1v) is 8.74. The van der Waals surface area contributed by atoms with Crippen LogP contribution in [0.25, 0.3) is 0 Å². The minimum atomic E-state index is -0.234. The van der Waals surface area contributed by atoms with Gasteiger partial charge in [-0.05, 0) is 54.0 Å². The van der Waals surface area contributed by atoms with E-state index in [9.17, 15) is 9.18 Å². The highest BCUT2D eigenvalue weighted by Crippen LogP contribution is 2.40. The first kappa shape index (κ1) is 13.9. The topological polar surface area (TPSA) is 20.3 Å². The predicted octanol–water partition coefficient (Wildman–Crippen LogP) is 4.16. The SMILES string of the molecule is O=C(C1CCC1)N1CCc2sccc2C1c1ccc(F)cc1. The van der Waals surface area contributed by atoms with Gasteiger partial charge in [0.05, 0.1) is 6.04 Å². The molecule has 1 atom stereocenters. The highest BCUT2D eigenvalue weighted by atomic mass is 32.1. The van der Waals surface area contributed by atoms with Gasteiger partial charge < -0.3 is 4.90 Å². The molecule has 4 heteroatoms. The summed E-state index contributed by atoms with van der Waals surface area (Å²) in [5.41, 5.74) is 2.23. The molecule has 0 saturated heterocycles. The second kappa shape index (κ2) is 5.51. The minimum Gasteiger partial charge on any atom is -0.331 e. The Balaban J connectivity index is 1.74. The number of halogens is 1. The second-order valence-electron chi connectivity index (χ2n) is 6.16. The zero-order valence-corrected chi connectivity index (χ0v) is 13.1. The highest BCUT2D eigenvalue weighted by molar-refractivity contribution is 7.10. The number of nitrogens with zero attached hydrogens (tertiary/aromatic N) is 1. The third kappa shape index (κ3) is 2.26. The van der Waals surface area contributed by atoms with Crippen molar-refractivity contribution in [2.75, 3.05) is 6.54 Å². The second-order valence-corrected chi connectivity index (χ2v) is 7.16. The van der Waals surface area contributed by atoms with Gasteiger partial charge in [0.2, 0.25) is 5.91 Å². The molecule has 2 aromatic rings. The number of rotatable bonds is 2. The molecule has 0 spiro atoms. The van der Waals surface area contributed by atoms with Crippen LogP contribution in [0.1, 0.15) is 41.3 Å². The van der Waals surface area contributed by atoms with Crippen LogP contribution in [0.5, 0.6) is 0 Å². The van der Waals surface area contributed by atoms with E-state index in [-0.39, 0.29) is 23.7 Å². The van der Waals surface area contributed by atoms with E-state index >= 15 is 0 Å². The molecular formula is C18H18FNOS. The number of thiophene rings is 1. The normalized spacial score (nSPS) is 21.3. The van der Waals surface area contributed by atoms with Crippen LogP contribution in [-0.4, -0.2) is 17.4 Å². The van der Waals surface area contributed by atoms with Crippen LogP contribution in [0, 0.1) is 11.7 Å². The Morgan fingerprint density at radius 2 is 1.95 bits per heavy atom. The molecule has 1 aromatic carbocycles. The average Bonchev–Trinajstić information content (AvgIpc) is 2.93. The molecule has 1 fully saturated rings. The van der Waals surface area contributed by atoms with Crippen molar-refractivity contribution in [2.45, 2.75) is 31.7 Å². The fourth-order valence-electron chi connectivity index (χ4n) is 3.45. The third-order valence-electron chi connectivity index (χ3n) is 4.89. The van der Waals surface area contributed by atoms with E-state index in [1.807, 2.05) is 17.0 Å². The molecule has 2 aliphatic rings. The lowest BCUT2D eigenvalue weighted by molar-refractivity contribution is -0.140. The van der Waals surface area contributed by atoms with Crippen LogP contribution in [-0.2, 0) is 11.2 Å². The van der Waals surface area contributed by atoms with Crippen LogP contribution >= 0.6 is 11.3 Å². The average molecular weight is 315 g/mol. The zero-order valence-electron chi connectivity index (χ0n) is 12.3. The predicted molar refractivity (Wildman–Crippen MR) is 85.3 cm³/mol. The summed E-state index contributed by atoms with van der Waals surface area (Å²) in [6.07, 6.45) is 4.13. The molecule has 1 unspecified atom stereocenters. The van der Waals surface area contributed by atoms with E-state index in [1.165, 1.54) is 22.6 Å². The van der Waals surface area contributed by atoms with Crippen molar-refractivity contribution in [1.82, 2.24) is 4.90 Å². The summed E-state index contributed by atoms with van der Waals surface area (Å²) in [5, 5.41) is 2.10. The van der Waals surface area contributed by atoms with E-state index in [4.69, 9.17) is 0 Å². The number of carbonyl (C=O) groups is 1. The fourth-order valence-corrected chi connectivity index (χ4v) is 4.35. The minimum absolute atomic E-state index is 0.0521. The van der Waals surface area contributed by atoms with Crippen molar-refractivity contribution in [3.05, 3.63) is 57.5 Å². The van der Waals surface area contributed by atoms with Crippen LogP contribution < -0.4 is 0 Å². The van der Waals surface area contributed by atoms with Crippen molar-refractivity contribution in [3.63, 3.8) is 0 Å². The molecule has 0 bridgehead atoms. The summed E-state index contributed by atoms with van der Waals surface area (Å²) in [6, 6.07) is 8.67. The number of carbonyl (C=O) groups excluding carboxylic acids is 1. The molecular weight excluding hydrogens is 297 g/mol. The zero-order chi connectivity index (χ0) is 15.1. The van der Waals surface area contributed by atoms with Crippen molar-refractivity contribution < 1.29 is 9.18 Å². The summed E-state index contributed by atoms with van der Waals surface area (Å²) in [7, 11) is 0. The molecule has 1 aromatic heterocycles. The molecule has 1 aliphatic heterocycles. The maximum atomic E-state index is 13.3. The summed E-state index contributed by atoms with van der Waals surface area (Å²) >= 11 is 1.76. The molecule has 0 radical (unpaired) electrons. The molecule has 1 amide bonds. The monoisotopic (exact) mass is 315 g/mol. The molecule has 22 heavy (non-hydrogen) atoms. The smallest absolute Gasteiger partial charge is 0.226 e. The van der Waals surface area contributed by atoms with Crippen LogP contribution in [0.2, 0.25) is 0 Å². The van der Waals surface area contributed by atoms with Gasteiger partial charge in [-0.3, -0.25) is 4.79 Å². The van der Waals surface area contributed by atoms with Gasteiger partial charge in [0, 0.05) is 17.3 Å². The van der Waals surface area contributed by atoms with Gasteiger partial charge in [-0.15, -0.1) is 11.3 Å². The van der Waals surface area contributed by atoms with Gasteiger partial charge in [0.1, 0.15) is 5.82 Å². The van der Waals surface area contributed by atoms with E-state index in [2.05, 4.69) is 11.4 Å². The van der Waals surface area contributed by atoms with Crippen LogP contribution in [0.4, 0.5) is 4.39 Å². The quantitative estimate of drug-likeness (QED) is 0.815. The largest absolute Gasteiger partial charge is 0.331 e. The summed E-state index contributed by atoms with van der Waals surface area (Å²) in [5.74, 6) is 0.238. The van der Waals surface area contributed by atoms with Gasteiger partial charge >= 0.3 is 0 Å². The Bertz CT molecular complexity index is 689. The Labute approximate surface area is 133 Å². The van der Waals surface area contributed by atoms with Gasteiger partial charge in [0.25, 0.3) is 0 Å². The Morgan fingerprint density at radius 1 is 1.18 bits per heavy atom. The summed E-state index contributed by atoms with van der Waals surface area (Å²) in [4.78, 5) is 16.2. The van der Waals surface area contributed by atoms with E-state index in [0.29, 0.717) is 0 Å². The van der Waals surface area contributed by atoms with Gasteiger partial charge in [-0.25, -0.2) is 4.39 Å². The lowest BCUT2D eigenvalue weighted by Gasteiger charge is -2.40. The number of fused-ring (bicyclic) bond motifs is 1. The number of hydrogen-bond acceptors (Lipinski definition) is 2. The standard InChI is InChI=1S/C18H18FNOS/c19-14-6-4-12(5-7-14)17-15-9-11-22-16(15)8-10-20(17)18(21)13-2-1-3-13/h4-7,9,11,13,17H,1-3,8,10H2. The molecule has 0 N–H and O–H groups in total. The van der Waals surface area contributed by atoms with Crippen LogP contribution in [0.15, 0.2) is 35.7 Å². The molecule has 114 valence electrons. The van der Waals surface area contributed by atoms with Crippen molar-refractivity contribution in [2.24, 2.45) is 5.92 Å². The third-order valence-corrected chi connectivity index (χ3v) is 5.89. The lowest BCUT2D eigenvalue weighted by atomic mass is 9.82. The van der Waals surface area contributed by atoms with E-state index in [1.54, 1.807) is 11.3 Å². The molecule has 1 saturated carbocycles. The molecule has 2 heterocycles. The van der Waals surface area contributed by atoms with E-state index in [0.717, 1.165) is 37.8 Å². The maximum Gasteiger partial charge on any atom is 0.226 e. The fraction of sp³-hybridized carbons (Fsp3) is 0.389. The van der Waals surface area contributed by atoms with Gasteiger partial charge in [-0.1, -0.05) is 18.6 Å². The van der Waals surface area contributed by atoms with E-state index < -0.39 is 0 Å². The first-order valence-electron chi connectivity index (χ1n) is 7.86. The van der Waals surface area contributed by atoms with Crippen molar-refractivity contribution in [1.29, 1.82) is 0 Å². The van der Waals surface area contributed by atoms with Crippen LogP contribution in [0.3, 0.4) is 0 Å². The summed E-state index contributed by atoms with van der Waals surface area (Å²) in [6.45, 7) is 0.769. The molecule has 4 rings (SSSR count).